The van der Waals surface area contributed by atoms with E-state index in [1.165, 1.54) is 11.8 Å². The van der Waals surface area contributed by atoms with Crippen LogP contribution >= 0.6 is 0 Å². The van der Waals surface area contributed by atoms with E-state index in [1.807, 2.05) is 18.2 Å². The molecule has 0 radical (unpaired) electrons. The summed E-state index contributed by atoms with van der Waals surface area (Å²) in [5.74, 6) is 6.81. The molecule has 2 atom stereocenters. The minimum absolute atomic E-state index is 0.0292. The van der Waals surface area contributed by atoms with Gasteiger partial charge in [0.2, 0.25) is 10.0 Å². The predicted octanol–water partition coefficient (Wildman–Crippen LogP) is 4.26. The van der Waals surface area contributed by atoms with Crippen molar-refractivity contribution in [3.63, 3.8) is 0 Å². The van der Waals surface area contributed by atoms with Crippen molar-refractivity contribution in [2.75, 3.05) is 30.6 Å². The number of benzene rings is 1. The van der Waals surface area contributed by atoms with Gasteiger partial charge in [0.05, 0.1) is 6.26 Å². The molecular formula is C23H34N2O2S. The van der Waals surface area contributed by atoms with Gasteiger partial charge in [-0.2, -0.15) is 0 Å². The van der Waals surface area contributed by atoms with E-state index in [4.69, 9.17) is 0 Å². The Kier molecular flexibility index (Phi) is 7.01. The number of rotatable bonds is 5. The van der Waals surface area contributed by atoms with Gasteiger partial charge in [-0.3, -0.25) is 9.62 Å². The molecule has 0 aliphatic carbocycles. The van der Waals surface area contributed by atoms with Gasteiger partial charge < -0.3 is 0 Å². The number of hydrogen-bond acceptors (Lipinski definition) is 3. The number of likely N-dealkylation sites (tertiary alicyclic amines) is 1. The van der Waals surface area contributed by atoms with Gasteiger partial charge in [-0.1, -0.05) is 43.9 Å². The molecule has 0 bridgehead atoms. The van der Waals surface area contributed by atoms with Crippen molar-refractivity contribution in [3.8, 4) is 11.8 Å². The van der Waals surface area contributed by atoms with Crippen LogP contribution in [-0.2, 0) is 15.4 Å². The van der Waals surface area contributed by atoms with Crippen molar-refractivity contribution < 1.29 is 8.42 Å². The first-order chi connectivity index (χ1) is 12.9. The zero-order chi connectivity index (χ0) is 21.0. The van der Waals surface area contributed by atoms with Crippen LogP contribution in [0.1, 0.15) is 46.6 Å². The fourth-order valence-corrected chi connectivity index (χ4v) is 4.14. The normalized spacial score (nSPS) is 24.0. The second-order valence-electron chi connectivity index (χ2n) is 9.20. The smallest absolute Gasteiger partial charge is 0.229 e. The van der Waals surface area contributed by atoms with Crippen molar-refractivity contribution in [1.29, 1.82) is 0 Å². The van der Waals surface area contributed by atoms with Crippen LogP contribution in [-0.4, -0.2) is 39.2 Å². The number of piperidine rings is 1. The summed E-state index contributed by atoms with van der Waals surface area (Å²) in [6, 6.07) is 7.83. The summed E-state index contributed by atoms with van der Waals surface area (Å²) in [6.07, 6.45) is 6.33. The number of nitrogens with zero attached hydrogens (tertiary/aromatic N) is 1. The fraction of sp³-hybridized carbons (Fsp3) is 0.565. The fourth-order valence-electron chi connectivity index (χ4n) is 3.58. The predicted molar refractivity (Wildman–Crippen MR) is 119 cm³/mol. The third kappa shape index (κ3) is 6.68. The standard InChI is InChI=1S/C23H34N2O2S/c1-19-18-25(15-9-7-8-13-22(2,3)4)16-14-23(19,5)20-11-10-12-21(17-20)24-28(6,26)27/h7,9-12,17,19,24H,14-16,18H2,1-6H3/b9-7-. The maximum atomic E-state index is 11.5. The van der Waals surface area contributed by atoms with Crippen molar-refractivity contribution in [1.82, 2.24) is 4.90 Å². The first-order valence-electron chi connectivity index (χ1n) is 9.87. The van der Waals surface area contributed by atoms with E-state index in [1.54, 1.807) is 6.07 Å². The average Bonchev–Trinajstić information content (AvgIpc) is 2.55. The molecule has 0 aromatic heterocycles. The minimum Gasteiger partial charge on any atom is -0.299 e. The lowest BCUT2D eigenvalue weighted by Crippen LogP contribution is -2.47. The van der Waals surface area contributed by atoms with Gasteiger partial charge in [0.15, 0.2) is 0 Å². The highest BCUT2D eigenvalue weighted by Crippen LogP contribution is 2.40. The molecule has 154 valence electrons. The van der Waals surface area contributed by atoms with Gasteiger partial charge in [0, 0.05) is 24.2 Å². The molecule has 28 heavy (non-hydrogen) atoms. The van der Waals surface area contributed by atoms with E-state index in [-0.39, 0.29) is 10.8 Å². The lowest BCUT2D eigenvalue weighted by atomic mass is 9.68. The summed E-state index contributed by atoms with van der Waals surface area (Å²) in [5, 5.41) is 0. The van der Waals surface area contributed by atoms with E-state index in [9.17, 15) is 8.42 Å². The molecule has 1 heterocycles. The summed E-state index contributed by atoms with van der Waals surface area (Å²) in [4.78, 5) is 2.46. The molecule has 1 aromatic rings. The summed E-state index contributed by atoms with van der Waals surface area (Å²) in [5.41, 5.74) is 1.89. The molecule has 5 heteroatoms. The molecule has 0 saturated carbocycles. The van der Waals surface area contributed by atoms with Crippen LogP contribution < -0.4 is 4.72 Å². The third-order valence-electron chi connectivity index (χ3n) is 5.40. The van der Waals surface area contributed by atoms with Crippen molar-refractivity contribution in [3.05, 3.63) is 42.0 Å². The quantitative estimate of drug-likeness (QED) is 0.749. The molecule has 1 saturated heterocycles. The number of nitrogens with one attached hydrogen (secondary N) is 1. The minimum atomic E-state index is -3.27. The molecule has 2 unspecified atom stereocenters. The van der Waals surface area contributed by atoms with E-state index in [2.05, 4.69) is 68.2 Å². The lowest BCUT2D eigenvalue weighted by Gasteiger charge is -2.45. The first kappa shape index (κ1) is 22.5. The van der Waals surface area contributed by atoms with Gasteiger partial charge >= 0.3 is 0 Å². The highest BCUT2D eigenvalue weighted by molar-refractivity contribution is 7.92. The monoisotopic (exact) mass is 402 g/mol. The van der Waals surface area contributed by atoms with Crippen molar-refractivity contribution in [2.24, 2.45) is 11.3 Å². The van der Waals surface area contributed by atoms with Gasteiger partial charge in [-0.25, -0.2) is 8.42 Å². The Morgan fingerprint density at radius 1 is 1.36 bits per heavy atom. The lowest BCUT2D eigenvalue weighted by molar-refractivity contribution is 0.121. The maximum absolute atomic E-state index is 11.5. The summed E-state index contributed by atoms with van der Waals surface area (Å²) in [7, 11) is -3.27. The van der Waals surface area contributed by atoms with Crippen LogP contribution in [0.2, 0.25) is 0 Å². The Bertz CT molecular complexity index is 872. The second-order valence-corrected chi connectivity index (χ2v) is 11.0. The Hall–Kier alpha value is -1.77. The molecule has 1 aromatic carbocycles. The molecule has 1 N–H and O–H groups in total. The second kappa shape index (κ2) is 8.71. The largest absolute Gasteiger partial charge is 0.299 e. The SMILES string of the molecule is CC1CN(C/C=C\C#CC(C)(C)C)CCC1(C)c1cccc(NS(C)(=O)=O)c1. The average molecular weight is 403 g/mol. The van der Waals surface area contributed by atoms with Crippen LogP contribution in [0.25, 0.3) is 0 Å². The number of anilines is 1. The Morgan fingerprint density at radius 3 is 2.68 bits per heavy atom. The summed E-state index contributed by atoms with van der Waals surface area (Å²) < 4.78 is 25.7. The van der Waals surface area contributed by atoms with Crippen LogP contribution in [0, 0.1) is 23.2 Å². The van der Waals surface area contributed by atoms with Crippen LogP contribution in [0.5, 0.6) is 0 Å². The van der Waals surface area contributed by atoms with Gasteiger partial charge in [-0.15, -0.1) is 0 Å². The zero-order valence-electron chi connectivity index (χ0n) is 18.0. The number of sulfonamides is 1. The van der Waals surface area contributed by atoms with Gasteiger partial charge in [-0.05, 0) is 68.8 Å². The van der Waals surface area contributed by atoms with Gasteiger partial charge in [0.1, 0.15) is 0 Å². The Balaban J connectivity index is 2.03. The van der Waals surface area contributed by atoms with Crippen molar-refractivity contribution in [2.45, 2.75) is 46.5 Å². The van der Waals surface area contributed by atoms with E-state index < -0.39 is 10.0 Å². The maximum Gasteiger partial charge on any atom is 0.229 e. The van der Waals surface area contributed by atoms with Crippen LogP contribution in [0.4, 0.5) is 5.69 Å². The van der Waals surface area contributed by atoms with Crippen LogP contribution in [0.15, 0.2) is 36.4 Å². The molecule has 2 rings (SSSR count). The molecule has 0 spiro atoms. The summed E-state index contributed by atoms with van der Waals surface area (Å²) in [6.45, 7) is 13.9. The highest BCUT2D eigenvalue weighted by atomic mass is 32.2. The number of hydrogen-bond donors (Lipinski definition) is 1. The first-order valence-corrected chi connectivity index (χ1v) is 11.8. The Morgan fingerprint density at radius 2 is 2.07 bits per heavy atom. The molecule has 4 nitrogen and oxygen atoms in total. The third-order valence-corrected chi connectivity index (χ3v) is 6.01. The molecule has 1 aliphatic heterocycles. The highest BCUT2D eigenvalue weighted by Gasteiger charge is 2.37. The Labute approximate surface area is 171 Å². The molecule has 0 amide bonds. The zero-order valence-corrected chi connectivity index (χ0v) is 18.9. The molecule has 1 fully saturated rings. The number of allylic oxidation sites excluding steroid dienone is 1. The van der Waals surface area contributed by atoms with Crippen LogP contribution in [0.3, 0.4) is 0 Å². The van der Waals surface area contributed by atoms with E-state index in [0.29, 0.717) is 11.6 Å². The summed E-state index contributed by atoms with van der Waals surface area (Å²) >= 11 is 0. The van der Waals surface area contributed by atoms with E-state index in [0.717, 1.165) is 26.1 Å². The topological polar surface area (TPSA) is 49.4 Å². The van der Waals surface area contributed by atoms with Gasteiger partial charge in [0.25, 0.3) is 0 Å². The molecular weight excluding hydrogens is 368 g/mol. The molecule has 1 aliphatic rings. The van der Waals surface area contributed by atoms with E-state index >= 15 is 0 Å². The van der Waals surface area contributed by atoms with Crippen molar-refractivity contribution >= 4 is 15.7 Å².